The number of imidazole rings is 1. The third-order valence-electron chi connectivity index (χ3n) is 11.5. The highest BCUT2D eigenvalue weighted by atomic mass is 35.5. The van der Waals surface area contributed by atoms with Crippen LogP contribution >= 0.6 is 23.2 Å². The monoisotopic (exact) mass is 889 g/mol. The van der Waals surface area contributed by atoms with Crippen LogP contribution in [0.15, 0.2) is 145 Å². The van der Waals surface area contributed by atoms with Crippen LogP contribution in [0, 0.1) is 0 Å². The fourth-order valence-corrected chi connectivity index (χ4v) is 8.49. The average molecular weight is 891 g/mol. The van der Waals surface area contributed by atoms with E-state index in [1.54, 1.807) is 43.1 Å². The second-order valence-corrected chi connectivity index (χ2v) is 16.0. The number of carbonyl (C=O) groups is 1. The van der Waals surface area contributed by atoms with Gasteiger partial charge in [0.05, 0.1) is 26.9 Å². The minimum atomic E-state index is -1.42. The maximum atomic E-state index is 14.6. The first kappa shape index (κ1) is 43.4. The minimum absolute atomic E-state index is 0.0879. The van der Waals surface area contributed by atoms with Crippen molar-refractivity contribution in [1.82, 2.24) is 24.4 Å². The zero-order chi connectivity index (χ0) is 44.1. The summed E-state index contributed by atoms with van der Waals surface area (Å²) in [6.07, 6.45) is -0.396. The fourth-order valence-electron chi connectivity index (χ4n) is 8.24. The first-order valence-corrected chi connectivity index (χ1v) is 21.0. The third-order valence-corrected chi connectivity index (χ3v) is 12.0. The van der Waals surface area contributed by atoms with Gasteiger partial charge in [-0.1, -0.05) is 102 Å². The lowest BCUT2D eigenvalue weighted by atomic mass is 9.79. The average Bonchev–Trinajstić information content (AvgIpc) is 3.93. The maximum Gasteiger partial charge on any atom is 0.412 e. The number of nitrogens with zero attached hydrogens (tertiary/aromatic N) is 4. The maximum absolute atomic E-state index is 14.6. The second-order valence-electron chi connectivity index (χ2n) is 15.1. The molecule has 1 aliphatic rings. The van der Waals surface area contributed by atoms with Gasteiger partial charge < -0.3 is 33.8 Å². The van der Waals surface area contributed by atoms with Crippen molar-refractivity contribution in [3.05, 3.63) is 188 Å². The molecule has 1 fully saturated rings. The van der Waals surface area contributed by atoms with E-state index >= 15 is 0 Å². The summed E-state index contributed by atoms with van der Waals surface area (Å²) in [6.45, 7) is 0.200. The standard InChI is InChI=1S/C48H45Cl2N5O8/c1-54(45-40(56)28-41(62-45)55-30-53-42-43(55)51-29-52-44(42)57)46(58)63-47(31-10-18-36(49)19-11-31,32-12-20-37(50)21-13-32)26-7-27-61-48(33-8-5-4-6-9-33,34-14-22-38(59-2)23-15-34)35-16-24-39(60-3)25-17-35/h4-6,8-25,29-30,40-41,45,56H,7,26-28H2,1-3H3,(H,51,52,57)/t40-,41-,45-/m1/s1. The Kier molecular flexibility index (Phi) is 12.8. The smallest absolute Gasteiger partial charge is 0.412 e. The van der Waals surface area contributed by atoms with Crippen LogP contribution in [0.25, 0.3) is 11.2 Å². The highest BCUT2D eigenvalue weighted by Crippen LogP contribution is 2.44. The van der Waals surface area contributed by atoms with Gasteiger partial charge in [0, 0.05) is 41.2 Å². The number of benzene rings is 5. The van der Waals surface area contributed by atoms with Crippen LogP contribution in [0.1, 0.15) is 53.3 Å². The van der Waals surface area contributed by atoms with E-state index in [2.05, 4.69) is 15.0 Å². The molecule has 2 N–H and O–H groups in total. The number of likely N-dealkylation sites (N-methyl/N-ethyl adjacent to an activating group) is 1. The number of aliphatic hydroxyl groups excluding tert-OH is 1. The van der Waals surface area contributed by atoms with Gasteiger partial charge in [-0.05, 0) is 78.1 Å². The SMILES string of the molecule is COc1ccc(C(OCCCC(OC(=O)N(C)[C@@H]2O[C@@H](n3cnc4c(=O)[nH]cnc43)C[C@H]2O)(c2ccc(Cl)cc2)c2ccc(Cl)cc2)(c2ccccc2)c2ccc(OC)cc2)cc1. The molecule has 63 heavy (non-hydrogen) atoms. The number of methoxy groups -OCH3 is 2. The molecule has 0 radical (unpaired) electrons. The number of nitrogens with one attached hydrogen (secondary N) is 1. The molecule has 0 spiro atoms. The summed E-state index contributed by atoms with van der Waals surface area (Å²) in [5.74, 6) is 1.40. The topological polar surface area (TPSA) is 150 Å². The Balaban J connectivity index is 1.13. The highest BCUT2D eigenvalue weighted by molar-refractivity contribution is 6.30. The molecule has 324 valence electrons. The van der Waals surface area contributed by atoms with Gasteiger partial charge in [-0.2, -0.15) is 0 Å². The molecule has 15 heteroatoms. The Morgan fingerprint density at radius 2 is 1.35 bits per heavy atom. The number of hydrogen-bond donors (Lipinski definition) is 2. The normalized spacial score (nSPS) is 16.5. The van der Waals surface area contributed by atoms with Crippen molar-refractivity contribution in [2.75, 3.05) is 27.9 Å². The van der Waals surface area contributed by atoms with E-state index < -0.39 is 41.4 Å². The van der Waals surface area contributed by atoms with E-state index in [1.165, 1.54) is 24.6 Å². The predicted octanol–water partition coefficient (Wildman–Crippen LogP) is 8.85. The predicted molar refractivity (Wildman–Crippen MR) is 238 cm³/mol. The van der Waals surface area contributed by atoms with Crippen LogP contribution in [-0.2, 0) is 25.4 Å². The Labute approximate surface area is 373 Å². The lowest BCUT2D eigenvalue weighted by Gasteiger charge is -2.39. The largest absolute Gasteiger partial charge is 0.497 e. The van der Waals surface area contributed by atoms with Gasteiger partial charge in [0.1, 0.15) is 29.4 Å². The molecule has 0 bridgehead atoms. The van der Waals surface area contributed by atoms with Crippen LogP contribution in [-0.4, -0.2) is 75.8 Å². The van der Waals surface area contributed by atoms with Crippen molar-refractivity contribution in [1.29, 1.82) is 0 Å². The fraction of sp³-hybridized carbons (Fsp3) is 0.250. The molecule has 7 aromatic rings. The molecular formula is C48H45Cl2N5O8. The summed E-state index contributed by atoms with van der Waals surface area (Å²) in [5.41, 5.74) is 1.41. The zero-order valence-corrected chi connectivity index (χ0v) is 36.2. The van der Waals surface area contributed by atoms with Gasteiger partial charge in [0.25, 0.3) is 5.56 Å². The van der Waals surface area contributed by atoms with Gasteiger partial charge in [0.2, 0.25) is 0 Å². The summed E-state index contributed by atoms with van der Waals surface area (Å²) in [6, 6.07) is 39.9. The third kappa shape index (κ3) is 8.62. The summed E-state index contributed by atoms with van der Waals surface area (Å²) in [7, 11) is 4.76. The Hall–Kier alpha value is -6.22. The van der Waals surface area contributed by atoms with Crippen LogP contribution < -0.4 is 15.0 Å². The second kappa shape index (κ2) is 18.6. The van der Waals surface area contributed by atoms with Crippen molar-refractivity contribution in [3.63, 3.8) is 0 Å². The molecule has 5 aromatic carbocycles. The number of hydrogen-bond acceptors (Lipinski definition) is 10. The first-order chi connectivity index (χ1) is 30.6. The van der Waals surface area contributed by atoms with Gasteiger partial charge in [-0.25, -0.2) is 14.8 Å². The number of H-pyrrole nitrogens is 1. The molecule has 3 atom stereocenters. The summed E-state index contributed by atoms with van der Waals surface area (Å²) >= 11 is 12.9. The highest BCUT2D eigenvalue weighted by Gasteiger charge is 2.45. The van der Waals surface area contributed by atoms with Gasteiger partial charge in [-0.15, -0.1) is 0 Å². The molecule has 3 heterocycles. The van der Waals surface area contributed by atoms with Crippen molar-refractivity contribution >= 4 is 40.5 Å². The number of amides is 1. The van der Waals surface area contributed by atoms with Crippen LogP contribution in [0.5, 0.6) is 11.5 Å². The lowest BCUT2D eigenvalue weighted by Crippen LogP contribution is -2.46. The van der Waals surface area contributed by atoms with E-state index in [9.17, 15) is 14.7 Å². The van der Waals surface area contributed by atoms with Gasteiger partial charge in [0.15, 0.2) is 23.0 Å². The molecule has 1 aliphatic heterocycles. The number of halogens is 2. The summed E-state index contributed by atoms with van der Waals surface area (Å²) < 4.78 is 32.8. The number of fused-ring (bicyclic) bond motifs is 1. The first-order valence-electron chi connectivity index (χ1n) is 20.3. The number of aliphatic hydroxyl groups is 1. The van der Waals surface area contributed by atoms with Crippen molar-refractivity contribution in [2.45, 2.75) is 49.0 Å². The number of rotatable bonds is 15. The van der Waals surface area contributed by atoms with E-state index in [-0.39, 0.29) is 30.6 Å². The van der Waals surface area contributed by atoms with Crippen molar-refractivity contribution in [3.8, 4) is 11.5 Å². The molecule has 0 unspecified atom stereocenters. The molecule has 13 nitrogen and oxygen atoms in total. The van der Waals surface area contributed by atoms with Crippen LogP contribution in [0.3, 0.4) is 0 Å². The lowest BCUT2D eigenvalue weighted by molar-refractivity contribution is -0.0993. The minimum Gasteiger partial charge on any atom is -0.497 e. The van der Waals surface area contributed by atoms with Crippen molar-refractivity contribution in [2.24, 2.45) is 0 Å². The molecule has 0 aliphatic carbocycles. The van der Waals surface area contributed by atoms with Crippen molar-refractivity contribution < 1.29 is 33.6 Å². The molecule has 1 amide bonds. The summed E-state index contributed by atoms with van der Waals surface area (Å²) in [5, 5.41) is 12.3. The molecule has 0 saturated carbocycles. The molecule has 8 rings (SSSR count). The van der Waals surface area contributed by atoms with E-state index in [4.69, 9.17) is 46.9 Å². The quantitative estimate of drug-likeness (QED) is 0.0755. The number of ether oxygens (including phenoxy) is 5. The number of aromatic nitrogens is 4. The summed E-state index contributed by atoms with van der Waals surface area (Å²) in [4.78, 5) is 39.1. The van der Waals surface area contributed by atoms with Gasteiger partial charge >= 0.3 is 6.09 Å². The Morgan fingerprint density at radius 3 is 1.90 bits per heavy atom. The Morgan fingerprint density at radius 1 is 0.810 bits per heavy atom. The van der Waals surface area contributed by atoms with E-state index in [0.29, 0.717) is 39.1 Å². The Bertz CT molecular complexity index is 2600. The molecule has 2 aromatic heterocycles. The van der Waals surface area contributed by atoms with Gasteiger partial charge in [-0.3, -0.25) is 14.3 Å². The molecule has 1 saturated heterocycles. The van der Waals surface area contributed by atoms with E-state index in [0.717, 1.165) is 16.7 Å². The zero-order valence-electron chi connectivity index (χ0n) is 34.7. The van der Waals surface area contributed by atoms with Crippen LogP contribution in [0.2, 0.25) is 10.0 Å². The number of carbonyl (C=O) groups excluding carboxylic acids is 1. The number of aromatic amines is 1. The van der Waals surface area contributed by atoms with E-state index in [1.807, 2.05) is 103 Å². The molecular weight excluding hydrogens is 845 g/mol. The van der Waals surface area contributed by atoms with Crippen LogP contribution in [0.4, 0.5) is 4.79 Å².